The minimum absolute atomic E-state index is 0.0476. The Bertz CT molecular complexity index is 490. The Morgan fingerprint density at radius 3 is 2.88 bits per heavy atom. The lowest BCUT2D eigenvalue weighted by Crippen LogP contribution is -2.20. The third-order valence-electron chi connectivity index (χ3n) is 3.14. The normalized spacial score (nSPS) is 21.7. The molecule has 0 aromatic heterocycles. The molecule has 0 aliphatic carbocycles. The van der Waals surface area contributed by atoms with Gasteiger partial charge in [-0.3, -0.25) is 10.1 Å². The van der Waals surface area contributed by atoms with E-state index in [-0.39, 0.29) is 23.3 Å². The van der Waals surface area contributed by atoms with Crippen LogP contribution in [0, 0.1) is 10.1 Å². The van der Waals surface area contributed by atoms with Crippen molar-refractivity contribution in [2.75, 3.05) is 11.1 Å². The molecule has 0 amide bonds. The van der Waals surface area contributed by atoms with E-state index in [1.807, 2.05) is 0 Å². The van der Waals surface area contributed by atoms with Gasteiger partial charge in [-0.15, -0.1) is 0 Å². The first-order valence-electron chi connectivity index (χ1n) is 5.38. The molecule has 1 aliphatic rings. The van der Waals surface area contributed by atoms with E-state index in [9.17, 15) is 10.1 Å². The standard InChI is InChI=1S/C11H13N3O2S/c1-2-6-7-3-8(12)11(14(15)16)4-9(7)13-10(6)5-17/h3-6,10,13H,2,12H2,1H3. The number of nitrogens with zero attached hydrogens (tertiary/aromatic N) is 1. The summed E-state index contributed by atoms with van der Waals surface area (Å²) < 4.78 is 0. The maximum Gasteiger partial charge on any atom is 0.294 e. The Balaban J connectivity index is 2.51. The molecule has 0 radical (unpaired) electrons. The fourth-order valence-corrected chi connectivity index (χ4v) is 2.55. The van der Waals surface area contributed by atoms with Gasteiger partial charge in [-0.1, -0.05) is 19.1 Å². The highest BCUT2D eigenvalue weighted by molar-refractivity contribution is 7.79. The lowest BCUT2D eigenvalue weighted by Gasteiger charge is -2.13. The SMILES string of the molecule is CCC1c2cc(N)c([N+](=O)[O-])cc2NC1C=S. The van der Waals surface area contributed by atoms with Crippen molar-refractivity contribution in [2.24, 2.45) is 0 Å². The molecule has 0 spiro atoms. The van der Waals surface area contributed by atoms with Crippen molar-refractivity contribution in [3.05, 3.63) is 27.8 Å². The van der Waals surface area contributed by atoms with E-state index >= 15 is 0 Å². The van der Waals surface area contributed by atoms with Gasteiger partial charge in [0.25, 0.3) is 5.69 Å². The highest BCUT2D eigenvalue weighted by atomic mass is 32.1. The van der Waals surface area contributed by atoms with Crippen molar-refractivity contribution in [2.45, 2.75) is 25.3 Å². The molecule has 0 saturated heterocycles. The minimum Gasteiger partial charge on any atom is -0.393 e. The Morgan fingerprint density at radius 2 is 2.35 bits per heavy atom. The zero-order valence-corrected chi connectivity index (χ0v) is 10.2. The predicted octanol–water partition coefficient (Wildman–Crippen LogP) is 2.46. The average molecular weight is 251 g/mol. The van der Waals surface area contributed by atoms with Crippen LogP contribution in [0.3, 0.4) is 0 Å². The monoisotopic (exact) mass is 251 g/mol. The molecule has 2 unspecified atom stereocenters. The van der Waals surface area contributed by atoms with Crippen molar-refractivity contribution in [3.8, 4) is 0 Å². The van der Waals surface area contributed by atoms with E-state index in [0.29, 0.717) is 0 Å². The lowest BCUT2D eigenvalue weighted by molar-refractivity contribution is -0.383. The van der Waals surface area contributed by atoms with Gasteiger partial charge in [0.1, 0.15) is 5.69 Å². The number of nitrogen functional groups attached to an aromatic ring is 1. The van der Waals surface area contributed by atoms with E-state index in [1.165, 1.54) is 6.07 Å². The molecule has 0 fully saturated rings. The number of thiocarbonyl (C=S) groups is 1. The second-order valence-electron chi connectivity index (χ2n) is 4.08. The number of anilines is 2. The van der Waals surface area contributed by atoms with Gasteiger partial charge >= 0.3 is 0 Å². The molecule has 17 heavy (non-hydrogen) atoms. The number of nitrogens with one attached hydrogen (secondary N) is 1. The Kier molecular flexibility index (Phi) is 2.97. The van der Waals surface area contributed by atoms with E-state index in [2.05, 4.69) is 12.2 Å². The van der Waals surface area contributed by atoms with Crippen molar-refractivity contribution >= 4 is 34.6 Å². The number of hydrogen-bond acceptors (Lipinski definition) is 5. The summed E-state index contributed by atoms with van der Waals surface area (Å²) in [6.07, 6.45) is 0.912. The minimum atomic E-state index is -0.469. The number of hydrogen-bond donors (Lipinski definition) is 2. The summed E-state index contributed by atoms with van der Waals surface area (Å²) in [5.74, 6) is 0.241. The Hall–Kier alpha value is -1.69. The number of nitrogens with two attached hydrogens (primary N) is 1. The molecule has 5 nitrogen and oxygen atoms in total. The summed E-state index contributed by atoms with van der Waals surface area (Å²) in [5, 5.41) is 15.6. The average Bonchev–Trinajstić information content (AvgIpc) is 2.64. The predicted molar refractivity (Wildman–Crippen MR) is 71.6 cm³/mol. The molecule has 2 rings (SSSR count). The fraction of sp³-hybridized carbons (Fsp3) is 0.364. The van der Waals surface area contributed by atoms with Gasteiger partial charge in [-0.05, 0) is 18.1 Å². The van der Waals surface area contributed by atoms with E-state index in [0.717, 1.165) is 17.7 Å². The summed E-state index contributed by atoms with van der Waals surface area (Å²) in [5.41, 5.74) is 7.62. The second kappa shape index (κ2) is 4.29. The summed E-state index contributed by atoms with van der Waals surface area (Å²) in [4.78, 5) is 10.3. The molecule has 0 saturated carbocycles. The van der Waals surface area contributed by atoms with Gasteiger partial charge in [0.2, 0.25) is 0 Å². The third-order valence-corrected chi connectivity index (χ3v) is 3.43. The molecule has 1 aromatic rings. The van der Waals surface area contributed by atoms with Gasteiger partial charge in [0.05, 0.1) is 11.0 Å². The number of fused-ring (bicyclic) bond motifs is 1. The topological polar surface area (TPSA) is 81.2 Å². The Morgan fingerprint density at radius 1 is 1.65 bits per heavy atom. The third kappa shape index (κ3) is 1.84. The number of nitro benzene ring substituents is 1. The van der Waals surface area contributed by atoms with Crippen molar-refractivity contribution in [1.82, 2.24) is 0 Å². The van der Waals surface area contributed by atoms with Crippen LogP contribution in [0.1, 0.15) is 24.8 Å². The van der Waals surface area contributed by atoms with Crippen LogP contribution in [-0.4, -0.2) is 16.3 Å². The number of nitro groups is 1. The number of rotatable bonds is 3. The summed E-state index contributed by atoms with van der Waals surface area (Å²) in [6, 6.07) is 3.23. The van der Waals surface area contributed by atoms with Gasteiger partial charge in [-0.25, -0.2) is 0 Å². The van der Waals surface area contributed by atoms with Crippen LogP contribution in [0.15, 0.2) is 12.1 Å². The van der Waals surface area contributed by atoms with Crippen LogP contribution < -0.4 is 11.1 Å². The molecule has 1 aliphatic heterocycles. The van der Waals surface area contributed by atoms with Crippen LogP contribution in [0.4, 0.5) is 17.1 Å². The first-order chi connectivity index (χ1) is 8.08. The van der Waals surface area contributed by atoms with E-state index < -0.39 is 4.92 Å². The van der Waals surface area contributed by atoms with Crippen LogP contribution >= 0.6 is 12.2 Å². The van der Waals surface area contributed by atoms with Crippen LogP contribution in [0.25, 0.3) is 0 Å². The first-order valence-corrected chi connectivity index (χ1v) is 5.85. The quantitative estimate of drug-likeness (QED) is 0.373. The zero-order chi connectivity index (χ0) is 12.6. The zero-order valence-electron chi connectivity index (χ0n) is 9.34. The number of benzene rings is 1. The fourth-order valence-electron chi connectivity index (χ4n) is 2.29. The molecule has 1 heterocycles. The lowest BCUT2D eigenvalue weighted by atomic mass is 9.93. The summed E-state index contributed by atoms with van der Waals surface area (Å²) in [7, 11) is 0. The van der Waals surface area contributed by atoms with Gasteiger partial charge in [-0.2, -0.15) is 0 Å². The first kappa shape index (κ1) is 11.8. The maximum absolute atomic E-state index is 10.8. The van der Waals surface area contributed by atoms with Crippen molar-refractivity contribution in [3.63, 3.8) is 0 Å². The maximum atomic E-state index is 10.8. The van der Waals surface area contributed by atoms with Crippen LogP contribution in [-0.2, 0) is 0 Å². The Labute approximate surface area is 104 Å². The molecular weight excluding hydrogens is 238 g/mol. The second-order valence-corrected chi connectivity index (χ2v) is 4.35. The molecule has 90 valence electrons. The summed E-state index contributed by atoms with van der Waals surface area (Å²) >= 11 is 4.97. The van der Waals surface area contributed by atoms with Gasteiger partial charge in [0.15, 0.2) is 0 Å². The van der Waals surface area contributed by atoms with Crippen molar-refractivity contribution in [1.29, 1.82) is 0 Å². The van der Waals surface area contributed by atoms with Crippen LogP contribution in [0.2, 0.25) is 0 Å². The molecule has 6 heteroatoms. The van der Waals surface area contributed by atoms with E-state index in [1.54, 1.807) is 11.4 Å². The largest absolute Gasteiger partial charge is 0.393 e. The summed E-state index contributed by atoms with van der Waals surface area (Å²) in [6.45, 7) is 2.06. The molecule has 3 N–H and O–H groups in total. The van der Waals surface area contributed by atoms with E-state index in [4.69, 9.17) is 18.0 Å². The van der Waals surface area contributed by atoms with Gasteiger partial charge < -0.3 is 11.1 Å². The molecular formula is C11H13N3O2S. The van der Waals surface area contributed by atoms with Gasteiger partial charge in [0, 0.05) is 23.0 Å². The van der Waals surface area contributed by atoms with Crippen LogP contribution in [0.5, 0.6) is 0 Å². The molecule has 1 aromatic carbocycles. The van der Waals surface area contributed by atoms with Crippen molar-refractivity contribution < 1.29 is 4.92 Å². The molecule has 2 atom stereocenters. The smallest absolute Gasteiger partial charge is 0.294 e. The molecule has 0 bridgehead atoms. The highest BCUT2D eigenvalue weighted by Crippen LogP contribution is 2.41. The highest BCUT2D eigenvalue weighted by Gasteiger charge is 2.31.